The Morgan fingerprint density at radius 1 is 0.645 bits per heavy atom. The van der Waals surface area contributed by atoms with Crippen molar-refractivity contribution >= 4 is 34.5 Å². The highest BCUT2D eigenvalue weighted by Crippen LogP contribution is 2.50. The highest BCUT2D eigenvalue weighted by Gasteiger charge is 2.51. The van der Waals surface area contributed by atoms with Crippen LogP contribution in [0.4, 0.5) is 0 Å². The third-order valence-corrected chi connectivity index (χ3v) is 7.72. The molecule has 1 aromatic heterocycles. The summed E-state index contributed by atoms with van der Waals surface area (Å²) in [4.78, 5) is 0. The average Bonchev–Trinajstić information content (AvgIpc) is 3.26. The summed E-state index contributed by atoms with van der Waals surface area (Å²) in [6, 6.07) is 19.5. The Morgan fingerprint density at radius 2 is 1.32 bits per heavy atom. The van der Waals surface area contributed by atoms with Crippen LogP contribution in [0.15, 0.2) is 59.0 Å². The van der Waals surface area contributed by atoms with E-state index in [1.165, 1.54) is 22.3 Å². The molecular weight excluding hydrogens is 383 g/mol. The van der Waals surface area contributed by atoms with E-state index in [4.69, 9.17) is 13.7 Å². The first-order valence-electron chi connectivity index (χ1n) is 11.0. The Morgan fingerprint density at radius 3 is 2.06 bits per heavy atom. The van der Waals surface area contributed by atoms with Crippen molar-refractivity contribution in [3.05, 3.63) is 65.7 Å². The second-order valence-electron chi connectivity index (χ2n) is 10.5. The van der Waals surface area contributed by atoms with E-state index in [2.05, 4.69) is 90.1 Å². The fraction of sp³-hybridized carbons (Fsp3) is 0.333. The van der Waals surface area contributed by atoms with Gasteiger partial charge < -0.3 is 13.7 Å². The molecule has 2 heterocycles. The molecule has 0 atom stereocenters. The first-order valence-corrected chi connectivity index (χ1v) is 11.0. The molecule has 0 amide bonds. The zero-order chi connectivity index (χ0) is 21.8. The molecule has 1 saturated heterocycles. The van der Waals surface area contributed by atoms with Crippen molar-refractivity contribution in [2.24, 2.45) is 0 Å². The lowest BCUT2D eigenvalue weighted by Gasteiger charge is -2.32. The van der Waals surface area contributed by atoms with Gasteiger partial charge in [0.2, 0.25) is 0 Å². The van der Waals surface area contributed by atoms with Gasteiger partial charge in [-0.15, -0.1) is 0 Å². The maximum absolute atomic E-state index is 6.29. The summed E-state index contributed by atoms with van der Waals surface area (Å²) in [6.07, 6.45) is 0. The summed E-state index contributed by atoms with van der Waals surface area (Å²) in [5.74, 6) is 0. The van der Waals surface area contributed by atoms with E-state index < -0.39 is 0 Å². The molecule has 0 unspecified atom stereocenters. The summed E-state index contributed by atoms with van der Waals surface area (Å²) in [5.41, 5.74) is 7.42. The van der Waals surface area contributed by atoms with Crippen LogP contribution in [-0.2, 0) is 14.7 Å². The van der Waals surface area contributed by atoms with E-state index in [1.807, 2.05) is 6.07 Å². The maximum atomic E-state index is 6.29. The van der Waals surface area contributed by atoms with Gasteiger partial charge in [0, 0.05) is 16.2 Å². The van der Waals surface area contributed by atoms with Gasteiger partial charge in [0.05, 0.1) is 11.2 Å². The third-order valence-electron chi connectivity index (χ3n) is 7.72. The molecule has 6 rings (SSSR count). The molecule has 0 spiro atoms. The van der Waals surface area contributed by atoms with Gasteiger partial charge >= 0.3 is 7.12 Å². The van der Waals surface area contributed by atoms with Crippen LogP contribution in [0.3, 0.4) is 0 Å². The van der Waals surface area contributed by atoms with E-state index in [0.717, 1.165) is 27.4 Å². The van der Waals surface area contributed by atoms with Crippen molar-refractivity contribution in [3.63, 3.8) is 0 Å². The SMILES string of the molecule is CC1(C)c2ccccc2-c2cc3c(cc21)oc1ccc(B2OC(C)(C)C(C)(C)O2)cc13. The van der Waals surface area contributed by atoms with Crippen molar-refractivity contribution in [3.8, 4) is 11.1 Å². The van der Waals surface area contributed by atoms with Crippen LogP contribution in [0, 0.1) is 0 Å². The van der Waals surface area contributed by atoms with Crippen molar-refractivity contribution < 1.29 is 13.7 Å². The molecular formula is C27H27BO3. The molecule has 1 aliphatic carbocycles. The van der Waals surface area contributed by atoms with Crippen molar-refractivity contribution in [1.29, 1.82) is 0 Å². The average molecular weight is 410 g/mol. The Hall–Kier alpha value is -2.56. The zero-order valence-corrected chi connectivity index (χ0v) is 19.0. The normalized spacial score (nSPS) is 20.4. The summed E-state index contributed by atoms with van der Waals surface area (Å²) < 4.78 is 18.9. The second kappa shape index (κ2) is 5.82. The molecule has 2 aliphatic rings. The minimum Gasteiger partial charge on any atom is -0.456 e. The van der Waals surface area contributed by atoms with Crippen LogP contribution in [0.1, 0.15) is 52.7 Å². The lowest BCUT2D eigenvalue weighted by molar-refractivity contribution is 0.00578. The molecule has 0 bridgehead atoms. The maximum Gasteiger partial charge on any atom is 0.494 e. The molecule has 4 aromatic rings. The highest BCUT2D eigenvalue weighted by molar-refractivity contribution is 6.62. The fourth-order valence-electron chi connectivity index (χ4n) is 5.11. The number of fused-ring (bicyclic) bond motifs is 6. The Kier molecular flexibility index (Phi) is 3.59. The third kappa shape index (κ3) is 2.49. The standard InChI is InChI=1S/C27H27BO3/c1-25(2)21-10-8-7-9-17(21)18-14-20-19-13-16(28-30-26(3,4)27(5,6)31-28)11-12-23(19)29-24(20)15-22(18)25/h7-15H,1-6H3. The Labute approximate surface area is 183 Å². The topological polar surface area (TPSA) is 31.6 Å². The molecule has 3 aromatic carbocycles. The van der Waals surface area contributed by atoms with Crippen LogP contribution in [0.25, 0.3) is 33.1 Å². The summed E-state index contributed by atoms with van der Waals surface area (Å²) in [5, 5.41) is 2.24. The van der Waals surface area contributed by atoms with Gasteiger partial charge in [0.25, 0.3) is 0 Å². The molecule has 3 nitrogen and oxygen atoms in total. The molecule has 156 valence electrons. The molecule has 0 radical (unpaired) electrons. The van der Waals surface area contributed by atoms with Crippen LogP contribution in [-0.4, -0.2) is 18.3 Å². The number of benzene rings is 3. The van der Waals surface area contributed by atoms with Gasteiger partial charge in [-0.25, -0.2) is 0 Å². The molecule has 0 N–H and O–H groups in total. The Bertz CT molecular complexity index is 1360. The van der Waals surface area contributed by atoms with Crippen LogP contribution < -0.4 is 5.46 Å². The molecule has 31 heavy (non-hydrogen) atoms. The van der Waals surface area contributed by atoms with Crippen molar-refractivity contribution in [2.45, 2.75) is 58.2 Å². The summed E-state index contributed by atoms with van der Waals surface area (Å²) >= 11 is 0. The van der Waals surface area contributed by atoms with E-state index in [9.17, 15) is 0 Å². The first kappa shape index (κ1) is 19.2. The lowest BCUT2D eigenvalue weighted by atomic mass is 9.78. The molecule has 1 aliphatic heterocycles. The van der Waals surface area contributed by atoms with E-state index in [-0.39, 0.29) is 23.7 Å². The lowest BCUT2D eigenvalue weighted by Crippen LogP contribution is -2.41. The van der Waals surface area contributed by atoms with Gasteiger partial charge in [-0.3, -0.25) is 0 Å². The number of rotatable bonds is 1. The van der Waals surface area contributed by atoms with Gasteiger partial charge in [-0.2, -0.15) is 0 Å². The van der Waals surface area contributed by atoms with Crippen LogP contribution >= 0.6 is 0 Å². The largest absolute Gasteiger partial charge is 0.494 e. The number of hydrogen-bond donors (Lipinski definition) is 0. The summed E-state index contributed by atoms with van der Waals surface area (Å²) in [6.45, 7) is 12.9. The molecule has 1 fully saturated rings. The van der Waals surface area contributed by atoms with E-state index >= 15 is 0 Å². The summed E-state index contributed by atoms with van der Waals surface area (Å²) in [7, 11) is -0.381. The van der Waals surface area contributed by atoms with Crippen molar-refractivity contribution in [2.75, 3.05) is 0 Å². The number of furan rings is 1. The quantitative estimate of drug-likeness (QED) is 0.351. The Balaban J connectivity index is 1.53. The predicted octanol–water partition coefficient (Wildman–Crippen LogP) is 6.19. The van der Waals surface area contributed by atoms with Gasteiger partial charge in [-0.05, 0) is 73.6 Å². The van der Waals surface area contributed by atoms with Gasteiger partial charge in [0.1, 0.15) is 11.2 Å². The number of hydrogen-bond acceptors (Lipinski definition) is 3. The van der Waals surface area contributed by atoms with Gasteiger partial charge in [0.15, 0.2) is 0 Å². The fourth-order valence-corrected chi connectivity index (χ4v) is 5.11. The minimum atomic E-state index is -0.381. The predicted molar refractivity (Wildman–Crippen MR) is 127 cm³/mol. The van der Waals surface area contributed by atoms with Crippen LogP contribution in [0.2, 0.25) is 0 Å². The van der Waals surface area contributed by atoms with Gasteiger partial charge in [-0.1, -0.05) is 50.2 Å². The van der Waals surface area contributed by atoms with Crippen LogP contribution in [0.5, 0.6) is 0 Å². The smallest absolute Gasteiger partial charge is 0.456 e. The van der Waals surface area contributed by atoms with E-state index in [1.54, 1.807) is 0 Å². The zero-order valence-electron chi connectivity index (χ0n) is 19.0. The first-order chi connectivity index (χ1) is 14.6. The molecule has 0 saturated carbocycles. The highest BCUT2D eigenvalue weighted by atomic mass is 16.7. The van der Waals surface area contributed by atoms with E-state index in [0.29, 0.717) is 0 Å². The monoisotopic (exact) mass is 410 g/mol. The minimum absolute atomic E-state index is 0.0348. The second-order valence-corrected chi connectivity index (χ2v) is 10.5. The molecule has 4 heteroatoms. The van der Waals surface area contributed by atoms with Crippen molar-refractivity contribution in [1.82, 2.24) is 0 Å².